The molecular formula is C37H37NO4. The summed E-state index contributed by atoms with van der Waals surface area (Å²) in [6.07, 6.45) is 4.02. The molecule has 1 saturated heterocycles. The lowest BCUT2D eigenvalue weighted by molar-refractivity contribution is -0.132. The van der Waals surface area contributed by atoms with Gasteiger partial charge in [-0.15, -0.1) is 0 Å². The Morgan fingerprint density at radius 3 is 2.17 bits per heavy atom. The van der Waals surface area contributed by atoms with E-state index in [0.29, 0.717) is 23.6 Å². The SMILES string of the molecule is CCCCc1ccc(N2C(=O)C(=O)/C(=C(\O)c3ccc(OCc4ccccc4)c(C)c3)C2c2ccc(CC)cc2)cc1. The van der Waals surface area contributed by atoms with Crippen molar-refractivity contribution in [3.05, 3.63) is 136 Å². The number of hydrogen-bond donors (Lipinski definition) is 1. The highest BCUT2D eigenvalue weighted by molar-refractivity contribution is 6.51. The van der Waals surface area contributed by atoms with Crippen molar-refractivity contribution in [3.63, 3.8) is 0 Å². The molecule has 0 saturated carbocycles. The van der Waals surface area contributed by atoms with Gasteiger partial charge in [0.1, 0.15) is 18.1 Å². The number of carbonyl (C=O) groups excluding carboxylic acids is 2. The van der Waals surface area contributed by atoms with E-state index in [-0.39, 0.29) is 11.3 Å². The maximum atomic E-state index is 13.6. The van der Waals surface area contributed by atoms with Crippen LogP contribution in [-0.4, -0.2) is 16.8 Å². The van der Waals surface area contributed by atoms with Gasteiger partial charge in [-0.1, -0.05) is 87.0 Å². The number of ether oxygens (including phenoxy) is 1. The maximum absolute atomic E-state index is 13.6. The van der Waals surface area contributed by atoms with Crippen LogP contribution in [0.1, 0.15) is 66.1 Å². The lowest BCUT2D eigenvalue weighted by atomic mass is 9.93. The quantitative estimate of drug-likeness (QED) is 0.121. The largest absolute Gasteiger partial charge is 0.507 e. The van der Waals surface area contributed by atoms with Crippen molar-refractivity contribution in [1.82, 2.24) is 0 Å². The minimum absolute atomic E-state index is 0.0802. The van der Waals surface area contributed by atoms with Gasteiger partial charge in [-0.3, -0.25) is 14.5 Å². The Balaban J connectivity index is 1.53. The third-order valence-electron chi connectivity index (χ3n) is 7.87. The summed E-state index contributed by atoms with van der Waals surface area (Å²) in [4.78, 5) is 28.7. The van der Waals surface area contributed by atoms with Crippen LogP contribution in [0.4, 0.5) is 5.69 Å². The number of hydrogen-bond acceptors (Lipinski definition) is 4. The lowest BCUT2D eigenvalue weighted by Gasteiger charge is -2.26. The molecule has 4 aromatic rings. The molecule has 0 spiro atoms. The minimum atomic E-state index is -0.758. The second-order valence-electron chi connectivity index (χ2n) is 10.8. The molecule has 42 heavy (non-hydrogen) atoms. The van der Waals surface area contributed by atoms with Crippen LogP contribution in [0.15, 0.2) is 103 Å². The maximum Gasteiger partial charge on any atom is 0.300 e. The molecule has 1 atom stereocenters. The molecule has 1 fully saturated rings. The molecule has 5 heteroatoms. The summed E-state index contributed by atoms with van der Waals surface area (Å²) in [7, 11) is 0. The standard InChI is InChI=1S/C37H37NO4/c1-4-6-10-27-15-20-31(21-16-27)38-34(29-17-13-26(5-2)14-18-29)33(36(40)37(38)41)35(39)30-19-22-32(25(3)23-30)42-24-28-11-8-7-9-12-28/h7-9,11-23,34,39H,4-6,10,24H2,1-3H3/b35-33-. The van der Waals surface area contributed by atoms with Crippen LogP contribution in [0.3, 0.4) is 0 Å². The van der Waals surface area contributed by atoms with Crippen LogP contribution in [0.5, 0.6) is 5.75 Å². The Bertz CT molecular complexity index is 1590. The van der Waals surface area contributed by atoms with E-state index in [2.05, 4.69) is 13.8 Å². The molecule has 4 aromatic carbocycles. The topological polar surface area (TPSA) is 66.8 Å². The Hall–Kier alpha value is -4.64. The second kappa shape index (κ2) is 12.9. The molecule has 1 heterocycles. The van der Waals surface area contributed by atoms with E-state index >= 15 is 0 Å². The Kier molecular flexibility index (Phi) is 8.87. The molecule has 1 aliphatic rings. The number of rotatable bonds is 10. The first kappa shape index (κ1) is 28.9. The van der Waals surface area contributed by atoms with E-state index in [0.717, 1.165) is 47.9 Å². The zero-order valence-corrected chi connectivity index (χ0v) is 24.5. The number of aryl methyl sites for hydroxylation is 3. The third-order valence-corrected chi connectivity index (χ3v) is 7.87. The van der Waals surface area contributed by atoms with E-state index in [1.165, 1.54) is 10.5 Å². The van der Waals surface area contributed by atoms with Gasteiger partial charge >= 0.3 is 0 Å². The minimum Gasteiger partial charge on any atom is -0.507 e. The van der Waals surface area contributed by atoms with E-state index in [9.17, 15) is 14.7 Å². The van der Waals surface area contributed by atoms with E-state index < -0.39 is 17.7 Å². The zero-order chi connectivity index (χ0) is 29.6. The van der Waals surface area contributed by atoms with Crippen molar-refractivity contribution in [1.29, 1.82) is 0 Å². The number of anilines is 1. The Labute approximate surface area is 248 Å². The molecule has 0 aromatic heterocycles. The van der Waals surface area contributed by atoms with Crippen LogP contribution in [0.25, 0.3) is 5.76 Å². The average Bonchev–Trinajstić information content (AvgIpc) is 3.29. The number of unbranched alkanes of at least 4 members (excludes halogenated alkanes) is 1. The van der Waals surface area contributed by atoms with Gasteiger partial charge in [0.2, 0.25) is 0 Å². The fourth-order valence-corrected chi connectivity index (χ4v) is 5.40. The van der Waals surface area contributed by atoms with Crippen LogP contribution in [0.2, 0.25) is 0 Å². The number of ketones is 1. The second-order valence-corrected chi connectivity index (χ2v) is 10.8. The molecule has 214 valence electrons. The number of aliphatic hydroxyl groups is 1. The lowest BCUT2D eigenvalue weighted by Crippen LogP contribution is -2.29. The normalized spacial score (nSPS) is 16.2. The van der Waals surface area contributed by atoms with Gasteiger partial charge in [-0.05, 0) is 84.3 Å². The van der Waals surface area contributed by atoms with Crippen LogP contribution in [0, 0.1) is 6.92 Å². The Morgan fingerprint density at radius 1 is 0.833 bits per heavy atom. The molecule has 1 amide bonds. The van der Waals surface area contributed by atoms with Gasteiger partial charge in [0, 0.05) is 11.3 Å². The van der Waals surface area contributed by atoms with Gasteiger partial charge < -0.3 is 9.84 Å². The molecule has 1 N–H and O–H groups in total. The molecular weight excluding hydrogens is 522 g/mol. The molecule has 5 rings (SSSR count). The summed E-state index contributed by atoms with van der Waals surface area (Å²) < 4.78 is 6.02. The predicted octanol–water partition coefficient (Wildman–Crippen LogP) is 8.11. The summed E-state index contributed by atoms with van der Waals surface area (Å²) >= 11 is 0. The van der Waals surface area contributed by atoms with Gasteiger partial charge in [0.05, 0.1) is 11.6 Å². The van der Waals surface area contributed by atoms with Crippen LogP contribution in [-0.2, 0) is 29.0 Å². The first-order valence-corrected chi connectivity index (χ1v) is 14.7. The third kappa shape index (κ3) is 6.01. The van der Waals surface area contributed by atoms with Crippen molar-refractivity contribution < 1.29 is 19.4 Å². The van der Waals surface area contributed by atoms with Crippen molar-refractivity contribution in [2.45, 2.75) is 59.1 Å². The average molecular weight is 560 g/mol. The number of nitrogens with zero attached hydrogens (tertiary/aromatic N) is 1. The van der Waals surface area contributed by atoms with E-state index in [1.807, 2.05) is 85.8 Å². The number of amides is 1. The van der Waals surface area contributed by atoms with Crippen LogP contribution >= 0.6 is 0 Å². The highest BCUT2D eigenvalue weighted by Crippen LogP contribution is 2.42. The predicted molar refractivity (Wildman–Crippen MR) is 168 cm³/mol. The molecule has 0 aliphatic carbocycles. The molecule has 0 bridgehead atoms. The molecule has 0 radical (unpaired) electrons. The Morgan fingerprint density at radius 2 is 1.52 bits per heavy atom. The fourth-order valence-electron chi connectivity index (χ4n) is 5.40. The monoisotopic (exact) mass is 559 g/mol. The highest BCUT2D eigenvalue weighted by atomic mass is 16.5. The molecule has 1 aliphatic heterocycles. The number of benzene rings is 4. The smallest absolute Gasteiger partial charge is 0.300 e. The highest BCUT2D eigenvalue weighted by Gasteiger charge is 2.47. The zero-order valence-electron chi connectivity index (χ0n) is 24.5. The summed E-state index contributed by atoms with van der Waals surface area (Å²) in [5.74, 6) is -0.862. The summed E-state index contributed by atoms with van der Waals surface area (Å²) in [5.41, 5.74) is 6.14. The van der Waals surface area contributed by atoms with Gasteiger partial charge in [0.15, 0.2) is 0 Å². The van der Waals surface area contributed by atoms with Crippen molar-refractivity contribution >= 4 is 23.1 Å². The number of carbonyl (C=O) groups is 2. The number of aliphatic hydroxyl groups excluding tert-OH is 1. The van der Waals surface area contributed by atoms with Gasteiger partial charge in [0.25, 0.3) is 11.7 Å². The first-order chi connectivity index (χ1) is 20.4. The van der Waals surface area contributed by atoms with Crippen molar-refractivity contribution in [2.24, 2.45) is 0 Å². The number of Topliss-reactive ketones (excluding diaryl/α,β-unsaturated/α-hetero) is 1. The van der Waals surface area contributed by atoms with Crippen LogP contribution < -0.4 is 9.64 Å². The first-order valence-electron chi connectivity index (χ1n) is 14.7. The van der Waals surface area contributed by atoms with Crippen molar-refractivity contribution in [3.8, 4) is 5.75 Å². The van der Waals surface area contributed by atoms with Gasteiger partial charge in [-0.25, -0.2) is 0 Å². The summed E-state index contributed by atoms with van der Waals surface area (Å²) in [5, 5.41) is 11.6. The fraction of sp³-hybridized carbons (Fsp3) is 0.243. The van der Waals surface area contributed by atoms with Gasteiger partial charge in [-0.2, -0.15) is 0 Å². The molecule has 1 unspecified atom stereocenters. The molecule has 5 nitrogen and oxygen atoms in total. The van der Waals surface area contributed by atoms with E-state index in [4.69, 9.17) is 4.74 Å². The summed E-state index contributed by atoms with van der Waals surface area (Å²) in [6, 6.07) is 30.2. The van der Waals surface area contributed by atoms with E-state index in [1.54, 1.807) is 18.2 Å². The summed E-state index contributed by atoms with van der Waals surface area (Å²) in [6.45, 7) is 6.56. The van der Waals surface area contributed by atoms with Crippen molar-refractivity contribution in [2.75, 3.05) is 4.90 Å².